The van der Waals surface area contributed by atoms with Crippen molar-refractivity contribution < 1.29 is 9.53 Å². The van der Waals surface area contributed by atoms with Crippen LogP contribution in [-0.4, -0.2) is 37.0 Å². The summed E-state index contributed by atoms with van der Waals surface area (Å²) in [5.74, 6) is 0.604. The number of hydrogen-bond acceptors (Lipinski definition) is 3. The molecule has 0 saturated carbocycles. The van der Waals surface area contributed by atoms with Crippen molar-refractivity contribution >= 4 is 17.5 Å². The van der Waals surface area contributed by atoms with Crippen molar-refractivity contribution in [2.45, 2.75) is 32.3 Å². The molecule has 0 bridgehead atoms. The van der Waals surface area contributed by atoms with Crippen LogP contribution in [0.25, 0.3) is 0 Å². The lowest BCUT2D eigenvalue weighted by molar-refractivity contribution is 0.0950. The molecule has 0 aromatic heterocycles. The van der Waals surface area contributed by atoms with Gasteiger partial charge in [-0.25, -0.2) is 0 Å². The van der Waals surface area contributed by atoms with Crippen molar-refractivity contribution in [2.24, 2.45) is 0 Å². The van der Waals surface area contributed by atoms with E-state index in [9.17, 15) is 4.79 Å². The summed E-state index contributed by atoms with van der Waals surface area (Å²) in [6, 6.07) is 14.9. The number of rotatable bonds is 8. The van der Waals surface area contributed by atoms with Crippen LogP contribution in [0, 0.1) is 0 Å². The van der Waals surface area contributed by atoms with Crippen LogP contribution in [0.2, 0.25) is 5.02 Å². The topological polar surface area (TPSA) is 41.6 Å². The number of carbonyl (C=O) groups is 1. The fourth-order valence-corrected chi connectivity index (χ4v) is 3.48. The van der Waals surface area contributed by atoms with Crippen LogP contribution in [0.5, 0.6) is 5.75 Å². The maximum Gasteiger partial charge on any atom is 0.251 e. The van der Waals surface area contributed by atoms with Gasteiger partial charge in [0.05, 0.1) is 0 Å². The van der Waals surface area contributed by atoms with E-state index in [-0.39, 0.29) is 5.91 Å². The third-order valence-electron chi connectivity index (χ3n) is 4.83. The molecule has 1 N–H and O–H groups in total. The number of amides is 1. The highest BCUT2D eigenvalue weighted by molar-refractivity contribution is 6.31. The largest absolute Gasteiger partial charge is 0.489 e. The zero-order valence-corrected chi connectivity index (χ0v) is 16.4. The van der Waals surface area contributed by atoms with Gasteiger partial charge in [0.2, 0.25) is 0 Å². The van der Waals surface area contributed by atoms with E-state index in [2.05, 4.69) is 10.2 Å². The minimum Gasteiger partial charge on any atom is -0.489 e. The lowest BCUT2D eigenvalue weighted by atomic mass is 10.1. The first-order chi connectivity index (χ1) is 13.2. The van der Waals surface area contributed by atoms with Crippen LogP contribution in [0.1, 0.15) is 41.6 Å². The Morgan fingerprint density at radius 3 is 2.70 bits per heavy atom. The molecule has 4 nitrogen and oxygen atoms in total. The van der Waals surface area contributed by atoms with Gasteiger partial charge in [0.1, 0.15) is 12.4 Å². The van der Waals surface area contributed by atoms with Crippen LogP contribution in [0.3, 0.4) is 0 Å². The van der Waals surface area contributed by atoms with Crippen molar-refractivity contribution in [3.8, 4) is 5.75 Å². The molecule has 2 aromatic rings. The minimum atomic E-state index is -0.0585. The Labute approximate surface area is 166 Å². The number of benzene rings is 2. The number of piperidine rings is 1. The van der Waals surface area contributed by atoms with Gasteiger partial charge < -0.3 is 15.0 Å². The average molecular weight is 387 g/mol. The molecule has 1 heterocycles. The fourth-order valence-electron chi connectivity index (χ4n) is 3.29. The lowest BCUT2D eigenvalue weighted by Crippen LogP contribution is -2.33. The van der Waals surface area contributed by atoms with Crippen molar-refractivity contribution in [2.75, 3.05) is 26.2 Å². The van der Waals surface area contributed by atoms with Gasteiger partial charge >= 0.3 is 0 Å². The Morgan fingerprint density at radius 1 is 1.07 bits per heavy atom. The molecule has 2 aromatic carbocycles. The molecule has 1 aliphatic rings. The predicted octanol–water partition coefficient (Wildman–Crippen LogP) is 4.52. The summed E-state index contributed by atoms with van der Waals surface area (Å²) in [5.41, 5.74) is 1.54. The molecule has 1 fully saturated rings. The number of nitrogens with one attached hydrogen (secondary N) is 1. The fraction of sp³-hybridized carbons (Fsp3) is 0.409. The summed E-state index contributed by atoms with van der Waals surface area (Å²) in [6.45, 7) is 4.51. The molecule has 1 amide bonds. The molecule has 1 saturated heterocycles. The first-order valence-corrected chi connectivity index (χ1v) is 10.1. The smallest absolute Gasteiger partial charge is 0.251 e. The second-order valence-corrected chi connectivity index (χ2v) is 7.33. The highest BCUT2D eigenvalue weighted by Gasteiger charge is 2.10. The molecule has 1 aliphatic heterocycles. The molecule has 0 unspecified atom stereocenters. The number of halogens is 1. The summed E-state index contributed by atoms with van der Waals surface area (Å²) in [7, 11) is 0. The highest BCUT2D eigenvalue weighted by Crippen LogP contribution is 2.19. The van der Waals surface area contributed by atoms with Crippen LogP contribution in [0.4, 0.5) is 0 Å². The molecule has 5 heteroatoms. The normalized spacial score (nSPS) is 14.7. The molecule has 27 heavy (non-hydrogen) atoms. The van der Waals surface area contributed by atoms with Gasteiger partial charge in [-0.2, -0.15) is 0 Å². The van der Waals surface area contributed by atoms with Crippen LogP contribution >= 0.6 is 11.6 Å². The Bertz CT molecular complexity index is 745. The van der Waals surface area contributed by atoms with Gasteiger partial charge in [0.15, 0.2) is 0 Å². The molecule has 0 radical (unpaired) electrons. The van der Waals surface area contributed by atoms with Crippen molar-refractivity contribution in [3.05, 3.63) is 64.7 Å². The molecular formula is C22H27ClN2O2. The van der Waals surface area contributed by atoms with Gasteiger partial charge in [0.25, 0.3) is 5.91 Å². The molecule has 3 rings (SSSR count). The van der Waals surface area contributed by atoms with Gasteiger partial charge in [-0.3, -0.25) is 4.79 Å². The maximum atomic E-state index is 12.4. The Morgan fingerprint density at radius 2 is 1.89 bits per heavy atom. The molecular weight excluding hydrogens is 360 g/mol. The standard InChI is InChI=1S/C22H27ClN2O2/c23-21-11-3-2-8-19(21)17-27-20-10-6-9-18(16-20)22(26)24-12-7-15-25-13-4-1-5-14-25/h2-3,6,8-11,16H,1,4-5,7,12-15,17H2,(H,24,26). The highest BCUT2D eigenvalue weighted by atomic mass is 35.5. The summed E-state index contributed by atoms with van der Waals surface area (Å²) in [5, 5.41) is 3.69. The van der Waals surface area contributed by atoms with Crippen LogP contribution < -0.4 is 10.1 Å². The number of carbonyl (C=O) groups excluding carboxylic acids is 1. The first kappa shape index (κ1) is 19.7. The summed E-state index contributed by atoms with van der Waals surface area (Å²) < 4.78 is 5.80. The zero-order valence-electron chi connectivity index (χ0n) is 15.6. The van der Waals surface area contributed by atoms with Crippen molar-refractivity contribution in [3.63, 3.8) is 0 Å². The second-order valence-electron chi connectivity index (χ2n) is 6.92. The van der Waals surface area contributed by atoms with Crippen molar-refractivity contribution in [1.29, 1.82) is 0 Å². The van der Waals surface area contributed by atoms with Crippen LogP contribution in [-0.2, 0) is 6.61 Å². The van der Waals surface area contributed by atoms with E-state index >= 15 is 0 Å². The quantitative estimate of drug-likeness (QED) is 0.678. The summed E-state index contributed by atoms with van der Waals surface area (Å²) >= 11 is 6.15. The summed E-state index contributed by atoms with van der Waals surface area (Å²) in [6.07, 6.45) is 4.93. The van der Waals surface area contributed by atoms with E-state index in [1.165, 1.54) is 32.4 Å². The lowest BCUT2D eigenvalue weighted by Gasteiger charge is -2.26. The zero-order chi connectivity index (χ0) is 18.9. The first-order valence-electron chi connectivity index (χ1n) is 9.69. The van der Waals surface area contributed by atoms with Gasteiger partial charge in [-0.15, -0.1) is 0 Å². The maximum absolute atomic E-state index is 12.4. The Hall–Kier alpha value is -2.04. The van der Waals surface area contributed by atoms with Gasteiger partial charge in [0, 0.05) is 22.7 Å². The van der Waals surface area contributed by atoms with E-state index in [0.29, 0.717) is 29.5 Å². The van der Waals surface area contributed by atoms with Gasteiger partial charge in [-0.1, -0.05) is 42.3 Å². The second kappa shape index (κ2) is 10.3. The van der Waals surface area contributed by atoms with Crippen LogP contribution in [0.15, 0.2) is 48.5 Å². The van der Waals surface area contributed by atoms with E-state index in [4.69, 9.17) is 16.3 Å². The molecule has 144 valence electrons. The monoisotopic (exact) mass is 386 g/mol. The van der Waals surface area contributed by atoms with E-state index in [1.54, 1.807) is 6.07 Å². The minimum absolute atomic E-state index is 0.0585. The van der Waals surface area contributed by atoms with E-state index < -0.39 is 0 Å². The Kier molecular flexibility index (Phi) is 7.55. The summed E-state index contributed by atoms with van der Waals surface area (Å²) in [4.78, 5) is 14.9. The number of likely N-dealkylation sites (tertiary alicyclic amines) is 1. The SMILES string of the molecule is O=C(NCCCN1CCCCC1)c1cccc(OCc2ccccc2Cl)c1. The van der Waals surface area contributed by atoms with Gasteiger partial charge in [-0.05, 0) is 63.2 Å². The number of ether oxygens (including phenoxy) is 1. The number of nitrogens with zero attached hydrogens (tertiary/aromatic N) is 1. The number of hydrogen-bond donors (Lipinski definition) is 1. The van der Waals surface area contributed by atoms with Crippen molar-refractivity contribution in [1.82, 2.24) is 10.2 Å². The third-order valence-corrected chi connectivity index (χ3v) is 5.20. The molecule has 0 aliphatic carbocycles. The third kappa shape index (κ3) is 6.26. The Balaban J connectivity index is 1.44. The van der Waals surface area contributed by atoms with E-state index in [0.717, 1.165) is 18.5 Å². The molecule has 0 spiro atoms. The predicted molar refractivity (Wildman–Crippen MR) is 109 cm³/mol. The average Bonchev–Trinajstić information content (AvgIpc) is 2.71. The molecule has 0 atom stereocenters. The van der Waals surface area contributed by atoms with E-state index in [1.807, 2.05) is 42.5 Å².